The number of non-ortho nitro benzene ring substituents is 1. The minimum absolute atomic E-state index is 0.0340. The van der Waals surface area contributed by atoms with Crippen LogP contribution in [0.4, 0.5) is 5.69 Å². The summed E-state index contributed by atoms with van der Waals surface area (Å²) < 4.78 is 10.6. The van der Waals surface area contributed by atoms with Gasteiger partial charge in [0, 0.05) is 30.5 Å². The molecule has 1 aliphatic heterocycles. The van der Waals surface area contributed by atoms with E-state index in [-0.39, 0.29) is 35.3 Å². The number of carbonyl (C=O) groups is 2. The number of benzene rings is 2. The number of nitro groups is 1. The van der Waals surface area contributed by atoms with Crippen LogP contribution in [0.15, 0.2) is 77.4 Å². The van der Waals surface area contributed by atoms with Gasteiger partial charge >= 0.3 is 5.97 Å². The lowest BCUT2D eigenvalue weighted by atomic mass is 9.73. The molecule has 8 heteroatoms. The van der Waals surface area contributed by atoms with Crippen molar-refractivity contribution in [3.63, 3.8) is 0 Å². The van der Waals surface area contributed by atoms with Crippen molar-refractivity contribution in [1.29, 1.82) is 0 Å². The highest BCUT2D eigenvalue weighted by Gasteiger charge is 2.43. The molecule has 2 aromatic rings. The number of nitrogens with zero attached hydrogens (tertiary/aromatic N) is 1. The Bertz CT molecular complexity index is 1140. The average Bonchev–Trinajstić information content (AvgIpc) is 2.78. The van der Waals surface area contributed by atoms with Crippen molar-refractivity contribution < 1.29 is 24.0 Å². The van der Waals surface area contributed by atoms with Crippen LogP contribution in [-0.2, 0) is 19.1 Å². The maximum atomic E-state index is 13.3. The van der Waals surface area contributed by atoms with Crippen molar-refractivity contribution in [3.05, 3.63) is 98.6 Å². The summed E-state index contributed by atoms with van der Waals surface area (Å²) in [6.07, 6.45) is 0.650. The predicted octanol–water partition coefficient (Wildman–Crippen LogP) is 3.45. The fourth-order valence-corrected chi connectivity index (χ4v) is 4.23. The molecule has 158 valence electrons. The van der Waals surface area contributed by atoms with Crippen molar-refractivity contribution in [2.75, 3.05) is 7.11 Å². The van der Waals surface area contributed by atoms with E-state index in [1.165, 1.54) is 25.3 Å². The number of esters is 1. The molecule has 0 saturated heterocycles. The second kappa shape index (κ2) is 8.06. The summed E-state index contributed by atoms with van der Waals surface area (Å²) in [5, 5.41) is 11.3. The lowest BCUT2D eigenvalue weighted by Gasteiger charge is -2.35. The molecule has 0 radical (unpaired) electrons. The third kappa shape index (κ3) is 3.68. The molecule has 8 nitrogen and oxygen atoms in total. The number of allylic oxidation sites excluding steroid dienone is 2. The van der Waals surface area contributed by atoms with Crippen molar-refractivity contribution in [2.24, 2.45) is 5.73 Å². The van der Waals surface area contributed by atoms with E-state index in [1.807, 2.05) is 30.3 Å². The molecule has 0 saturated carbocycles. The summed E-state index contributed by atoms with van der Waals surface area (Å²) in [5.41, 5.74) is 7.60. The first-order valence-electron chi connectivity index (χ1n) is 9.72. The number of hydrogen-bond acceptors (Lipinski definition) is 7. The number of nitrogens with two attached hydrogens (primary N) is 1. The first kappa shape index (κ1) is 20.3. The lowest BCUT2D eigenvalue weighted by Crippen LogP contribution is -2.32. The normalized spacial score (nSPS) is 20.7. The van der Waals surface area contributed by atoms with Gasteiger partial charge in [0.1, 0.15) is 11.3 Å². The molecule has 1 heterocycles. The molecule has 2 aliphatic rings. The molecule has 31 heavy (non-hydrogen) atoms. The summed E-state index contributed by atoms with van der Waals surface area (Å²) in [6, 6.07) is 15.4. The summed E-state index contributed by atoms with van der Waals surface area (Å²) >= 11 is 0. The number of rotatable bonds is 4. The standard InChI is InChI=1S/C23H20N2O6/c1-30-23(27)21-19(14-8-5-9-16(10-14)25(28)29)20-17(26)11-15(12-18(20)31-22(21)24)13-6-3-2-4-7-13/h2-10,15,19H,11-12,24H2,1H3/t15-,19-/m0/s1. The topological polar surface area (TPSA) is 122 Å². The van der Waals surface area contributed by atoms with Crippen LogP contribution in [0.3, 0.4) is 0 Å². The highest BCUT2D eigenvalue weighted by Crippen LogP contribution is 2.47. The van der Waals surface area contributed by atoms with E-state index in [9.17, 15) is 19.7 Å². The highest BCUT2D eigenvalue weighted by molar-refractivity contribution is 6.03. The van der Waals surface area contributed by atoms with Crippen LogP contribution < -0.4 is 5.73 Å². The van der Waals surface area contributed by atoms with E-state index < -0.39 is 16.8 Å². The average molecular weight is 420 g/mol. The largest absolute Gasteiger partial charge is 0.465 e. The van der Waals surface area contributed by atoms with Crippen LogP contribution in [-0.4, -0.2) is 23.8 Å². The van der Waals surface area contributed by atoms with E-state index in [2.05, 4.69) is 0 Å². The molecule has 0 bridgehead atoms. The van der Waals surface area contributed by atoms with Gasteiger partial charge in [-0.1, -0.05) is 42.5 Å². The summed E-state index contributed by atoms with van der Waals surface area (Å²) in [5.74, 6) is -1.72. The Kier molecular flexibility index (Phi) is 5.29. The molecular weight excluding hydrogens is 400 g/mol. The van der Waals surface area contributed by atoms with Crippen LogP contribution in [0.2, 0.25) is 0 Å². The maximum absolute atomic E-state index is 13.3. The maximum Gasteiger partial charge on any atom is 0.340 e. The third-order valence-corrected chi connectivity index (χ3v) is 5.63. The van der Waals surface area contributed by atoms with E-state index >= 15 is 0 Å². The number of carbonyl (C=O) groups excluding carboxylic acids is 2. The van der Waals surface area contributed by atoms with Gasteiger partial charge in [0.15, 0.2) is 5.78 Å². The van der Waals surface area contributed by atoms with E-state index in [4.69, 9.17) is 15.2 Å². The van der Waals surface area contributed by atoms with Crippen molar-refractivity contribution in [2.45, 2.75) is 24.7 Å². The number of nitro benzene ring substituents is 1. The fraction of sp³-hybridized carbons (Fsp3) is 0.217. The molecule has 2 N–H and O–H groups in total. The first-order valence-corrected chi connectivity index (χ1v) is 9.72. The third-order valence-electron chi connectivity index (χ3n) is 5.63. The van der Waals surface area contributed by atoms with Crippen LogP contribution in [0.1, 0.15) is 35.8 Å². The monoisotopic (exact) mass is 420 g/mol. The smallest absolute Gasteiger partial charge is 0.340 e. The van der Waals surface area contributed by atoms with E-state index in [1.54, 1.807) is 6.07 Å². The van der Waals surface area contributed by atoms with Gasteiger partial charge in [-0.3, -0.25) is 14.9 Å². The molecule has 0 unspecified atom stereocenters. The zero-order valence-corrected chi connectivity index (χ0v) is 16.7. The summed E-state index contributed by atoms with van der Waals surface area (Å²) in [7, 11) is 1.20. The molecule has 0 amide bonds. The van der Waals surface area contributed by atoms with E-state index in [0.717, 1.165) is 5.56 Å². The van der Waals surface area contributed by atoms with Gasteiger partial charge in [-0.2, -0.15) is 0 Å². The zero-order chi connectivity index (χ0) is 22.1. The molecule has 2 aromatic carbocycles. The highest BCUT2D eigenvalue weighted by atomic mass is 16.6. The second-order valence-electron chi connectivity index (χ2n) is 7.43. The van der Waals surface area contributed by atoms with Gasteiger partial charge in [0.2, 0.25) is 5.88 Å². The second-order valence-corrected chi connectivity index (χ2v) is 7.43. The van der Waals surface area contributed by atoms with Crippen LogP contribution in [0, 0.1) is 10.1 Å². The number of ketones is 1. The van der Waals surface area contributed by atoms with Gasteiger partial charge in [-0.25, -0.2) is 4.79 Å². The minimum atomic E-state index is -0.902. The van der Waals surface area contributed by atoms with E-state index in [0.29, 0.717) is 23.3 Å². The Labute approximate surface area is 178 Å². The van der Waals surface area contributed by atoms with Gasteiger partial charge in [0.25, 0.3) is 5.69 Å². The molecule has 0 aromatic heterocycles. The Hall–Kier alpha value is -3.94. The molecule has 0 fully saturated rings. The lowest BCUT2D eigenvalue weighted by molar-refractivity contribution is -0.384. The molecule has 0 spiro atoms. The van der Waals surface area contributed by atoms with Crippen molar-refractivity contribution >= 4 is 17.4 Å². The van der Waals surface area contributed by atoms with Crippen molar-refractivity contribution in [1.82, 2.24) is 0 Å². The SMILES string of the molecule is COC(=O)C1=C(N)OC2=C(C(=O)C[C@H](c3ccccc3)C2)[C@@H]1c1cccc([N+](=O)[O-])c1. The Morgan fingerprint density at radius 2 is 1.84 bits per heavy atom. The summed E-state index contributed by atoms with van der Waals surface area (Å²) in [6.45, 7) is 0. The van der Waals surface area contributed by atoms with Crippen LogP contribution in [0.5, 0.6) is 0 Å². The fourth-order valence-electron chi connectivity index (χ4n) is 4.23. The minimum Gasteiger partial charge on any atom is -0.465 e. The van der Waals surface area contributed by atoms with Crippen molar-refractivity contribution in [3.8, 4) is 0 Å². The quantitative estimate of drug-likeness (QED) is 0.457. The number of ether oxygens (including phenoxy) is 2. The predicted molar refractivity (Wildman–Crippen MR) is 111 cm³/mol. The van der Waals surface area contributed by atoms with Gasteiger partial charge in [-0.05, 0) is 17.0 Å². The Balaban J connectivity index is 1.84. The molecule has 1 aliphatic carbocycles. The summed E-state index contributed by atoms with van der Waals surface area (Å²) in [4.78, 5) is 36.6. The Morgan fingerprint density at radius 1 is 1.13 bits per heavy atom. The van der Waals surface area contributed by atoms with Crippen LogP contribution in [0.25, 0.3) is 0 Å². The first-order chi connectivity index (χ1) is 14.9. The number of Topliss-reactive ketones (excluding diaryl/α,β-unsaturated/α-hetero) is 1. The molecule has 4 rings (SSSR count). The van der Waals surface area contributed by atoms with Gasteiger partial charge in [-0.15, -0.1) is 0 Å². The number of hydrogen-bond donors (Lipinski definition) is 1. The van der Waals surface area contributed by atoms with Gasteiger partial charge < -0.3 is 15.2 Å². The van der Waals surface area contributed by atoms with Gasteiger partial charge in [0.05, 0.1) is 18.0 Å². The number of methoxy groups -OCH3 is 1. The van der Waals surface area contributed by atoms with Crippen LogP contribution >= 0.6 is 0 Å². The molecule has 2 atom stereocenters. The Morgan fingerprint density at radius 3 is 2.52 bits per heavy atom. The molecular formula is C23H20N2O6. The zero-order valence-electron chi connectivity index (χ0n) is 16.7.